The zero-order valence-corrected chi connectivity index (χ0v) is 26.4. The predicted molar refractivity (Wildman–Crippen MR) is 167 cm³/mol. The van der Waals surface area contributed by atoms with Crippen LogP contribution in [0.5, 0.6) is 0 Å². The molecule has 2 aliphatic rings. The van der Waals surface area contributed by atoms with Gasteiger partial charge < -0.3 is 24.3 Å². The molecule has 0 radical (unpaired) electrons. The first kappa shape index (κ1) is 31.8. The van der Waals surface area contributed by atoms with Crippen molar-refractivity contribution in [3.05, 3.63) is 93.5 Å². The molecule has 0 saturated heterocycles. The number of aryl methyl sites for hydroxylation is 1. The minimum Gasteiger partial charge on any atom is -0.467 e. The summed E-state index contributed by atoms with van der Waals surface area (Å²) in [6.07, 6.45) is -0.302. The first-order valence-corrected chi connectivity index (χ1v) is 15.3. The number of alkyl carbamates (subject to hydrolysis) is 1. The Labute approximate surface area is 263 Å². The Kier molecular flexibility index (Phi) is 9.27. The van der Waals surface area contributed by atoms with E-state index in [0.717, 1.165) is 50.1 Å². The topological polar surface area (TPSA) is 117 Å². The number of fused-ring (bicyclic) bond motifs is 4. The summed E-state index contributed by atoms with van der Waals surface area (Å²) in [5.41, 5.74) is 7.14. The molecule has 0 bridgehead atoms. The molecule has 0 heterocycles. The van der Waals surface area contributed by atoms with Crippen LogP contribution in [0.25, 0.3) is 11.1 Å². The summed E-state index contributed by atoms with van der Waals surface area (Å²) >= 11 is 0. The third kappa shape index (κ3) is 5.91. The lowest BCUT2D eigenvalue weighted by atomic mass is 9.84. The third-order valence-electron chi connectivity index (χ3n) is 9.00. The number of carbonyl (C=O) groups excluding carboxylic acids is 4. The molecule has 0 spiro atoms. The number of rotatable bonds is 10. The SMILES string of the molecule is CCOC(=O)C1(C(=O)OCC)Cc2c(C)cc(C[C@H](NC(=O)OCC3c4ccccc4-c4ccccc43)C(=O)OC)c(C)c2C1. The Bertz CT molecular complexity index is 1580. The summed E-state index contributed by atoms with van der Waals surface area (Å²) in [6.45, 7) is 7.58. The summed E-state index contributed by atoms with van der Waals surface area (Å²) in [6, 6.07) is 17.0. The summed E-state index contributed by atoms with van der Waals surface area (Å²) in [7, 11) is 1.27. The number of benzene rings is 3. The molecule has 45 heavy (non-hydrogen) atoms. The first-order chi connectivity index (χ1) is 21.6. The summed E-state index contributed by atoms with van der Waals surface area (Å²) < 4.78 is 21.4. The number of nitrogens with one attached hydrogen (secondary N) is 1. The zero-order valence-electron chi connectivity index (χ0n) is 26.4. The summed E-state index contributed by atoms with van der Waals surface area (Å²) in [5.74, 6) is -1.96. The Balaban J connectivity index is 1.34. The summed E-state index contributed by atoms with van der Waals surface area (Å²) in [4.78, 5) is 52.2. The molecular weight excluding hydrogens is 574 g/mol. The molecule has 9 heteroatoms. The predicted octanol–water partition coefficient (Wildman–Crippen LogP) is 5.14. The average Bonchev–Trinajstić information content (AvgIpc) is 3.61. The van der Waals surface area contributed by atoms with Crippen molar-refractivity contribution in [2.24, 2.45) is 5.41 Å². The van der Waals surface area contributed by atoms with Crippen molar-refractivity contribution in [1.29, 1.82) is 0 Å². The number of hydrogen-bond acceptors (Lipinski definition) is 8. The molecule has 0 saturated carbocycles. The van der Waals surface area contributed by atoms with Gasteiger partial charge in [-0.3, -0.25) is 9.59 Å². The molecule has 0 aromatic heterocycles. The largest absolute Gasteiger partial charge is 0.467 e. The number of esters is 3. The van der Waals surface area contributed by atoms with Gasteiger partial charge in [0.05, 0.1) is 20.3 Å². The van der Waals surface area contributed by atoms with Crippen LogP contribution in [-0.4, -0.2) is 57.0 Å². The van der Waals surface area contributed by atoms with Crippen molar-refractivity contribution in [2.45, 2.75) is 58.9 Å². The highest BCUT2D eigenvalue weighted by molar-refractivity contribution is 6.02. The minimum absolute atomic E-state index is 0.106. The molecule has 0 unspecified atom stereocenters. The normalized spacial score (nSPS) is 14.9. The van der Waals surface area contributed by atoms with Crippen molar-refractivity contribution < 1.29 is 38.1 Å². The fourth-order valence-corrected chi connectivity index (χ4v) is 6.73. The Morgan fingerprint density at radius 1 is 0.844 bits per heavy atom. The van der Waals surface area contributed by atoms with Crippen LogP contribution in [0.2, 0.25) is 0 Å². The van der Waals surface area contributed by atoms with Gasteiger partial charge in [0.2, 0.25) is 0 Å². The highest BCUT2D eigenvalue weighted by Gasteiger charge is 2.54. The van der Waals surface area contributed by atoms with E-state index in [4.69, 9.17) is 18.9 Å². The molecule has 1 atom stereocenters. The number of carbonyl (C=O) groups is 4. The number of hydrogen-bond donors (Lipinski definition) is 1. The smallest absolute Gasteiger partial charge is 0.407 e. The molecule has 2 aliphatic carbocycles. The fourth-order valence-electron chi connectivity index (χ4n) is 6.73. The van der Waals surface area contributed by atoms with E-state index in [2.05, 4.69) is 17.4 Å². The van der Waals surface area contributed by atoms with E-state index in [1.54, 1.807) is 13.8 Å². The highest BCUT2D eigenvalue weighted by atomic mass is 16.6. The van der Waals surface area contributed by atoms with Crippen LogP contribution in [-0.2, 0) is 52.6 Å². The third-order valence-corrected chi connectivity index (χ3v) is 9.00. The molecule has 0 fully saturated rings. The second-order valence-corrected chi connectivity index (χ2v) is 11.6. The highest BCUT2D eigenvalue weighted by Crippen LogP contribution is 2.45. The van der Waals surface area contributed by atoms with E-state index in [1.165, 1.54) is 7.11 Å². The Morgan fingerprint density at radius 3 is 1.96 bits per heavy atom. The molecule has 3 aromatic rings. The van der Waals surface area contributed by atoms with Crippen molar-refractivity contribution >= 4 is 24.0 Å². The van der Waals surface area contributed by atoms with E-state index in [9.17, 15) is 19.2 Å². The number of methoxy groups -OCH3 is 1. The van der Waals surface area contributed by atoms with Gasteiger partial charge in [-0.1, -0.05) is 54.6 Å². The standard InChI is InChI=1S/C36H39NO8/c1-6-43-33(39)36(34(40)44-7-2)18-28-21(3)16-23(22(4)29(28)19-36)17-31(32(38)42-5)37-35(41)45-20-30-26-14-10-8-12-24(26)25-13-9-11-15-27(25)30/h8-16,30-31H,6-7,17-20H2,1-5H3,(H,37,41)/t31-/m0/s1. The lowest BCUT2D eigenvalue weighted by molar-refractivity contribution is -0.171. The second kappa shape index (κ2) is 13.1. The van der Waals surface area contributed by atoms with E-state index in [-0.39, 0.29) is 45.0 Å². The van der Waals surface area contributed by atoms with Crippen LogP contribution < -0.4 is 5.32 Å². The second-order valence-electron chi connectivity index (χ2n) is 11.6. The molecule has 1 N–H and O–H groups in total. The lowest BCUT2D eigenvalue weighted by Gasteiger charge is -2.24. The number of amides is 1. The van der Waals surface area contributed by atoms with E-state index >= 15 is 0 Å². The average molecular weight is 614 g/mol. The van der Waals surface area contributed by atoms with Gasteiger partial charge in [0.15, 0.2) is 5.41 Å². The molecule has 3 aromatic carbocycles. The van der Waals surface area contributed by atoms with Crippen molar-refractivity contribution in [3.8, 4) is 11.1 Å². The molecule has 1 amide bonds. The van der Waals surface area contributed by atoms with Gasteiger partial charge in [0, 0.05) is 25.2 Å². The maximum atomic E-state index is 13.1. The summed E-state index contributed by atoms with van der Waals surface area (Å²) in [5, 5.41) is 2.70. The van der Waals surface area contributed by atoms with Gasteiger partial charge in [-0.15, -0.1) is 0 Å². The van der Waals surface area contributed by atoms with Crippen molar-refractivity contribution in [2.75, 3.05) is 26.9 Å². The van der Waals surface area contributed by atoms with E-state index in [0.29, 0.717) is 0 Å². The molecule has 236 valence electrons. The van der Waals surface area contributed by atoms with E-state index < -0.39 is 35.5 Å². The molecular formula is C36H39NO8. The Morgan fingerprint density at radius 2 is 1.40 bits per heavy atom. The van der Waals surface area contributed by atoms with Crippen molar-refractivity contribution in [3.63, 3.8) is 0 Å². The lowest BCUT2D eigenvalue weighted by Crippen LogP contribution is -2.43. The van der Waals surface area contributed by atoms with Gasteiger partial charge >= 0.3 is 24.0 Å². The monoisotopic (exact) mass is 613 g/mol. The van der Waals surface area contributed by atoms with E-state index in [1.807, 2.05) is 56.3 Å². The molecule has 5 rings (SSSR count). The maximum absolute atomic E-state index is 13.1. The molecule has 0 aliphatic heterocycles. The van der Waals surface area contributed by atoms with Crippen LogP contribution in [0, 0.1) is 19.3 Å². The van der Waals surface area contributed by atoms with Crippen LogP contribution in [0.1, 0.15) is 58.7 Å². The first-order valence-electron chi connectivity index (χ1n) is 15.3. The van der Waals surface area contributed by atoms with Crippen LogP contribution in [0.15, 0.2) is 54.6 Å². The van der Waals surface area contributed by atoms with Crippen LogP contribution in [0.3, 0.4) is 0 Å². The van der Waals surface area contributed by atoms with Gasteiger partial charge in [-0.05, 0) is 77.8 Å². The van der Waals surface area contributed by atoms with Gasteiger partial charge in [0.25, 0.3) is 0 Å². The van der Waals surface area contributed by atoms with Gasteiger partial charge in [-0.2, -0.15) is 0 Å². The van der Waals surface area contributed by atoms with Gasteiger partial charge in [-0.25, -0.2) is 9.59 Å². The van der Waals surface area contributed by atoms with Gasteiger partial charge in [0.1, 0.15) is 12.6 Å². The Hall–Kier alpha value is -4.66. The van der Waals surface area contributed by atoms with Crippen LogP contribution in [0.4, 0.5) is 4.79 Å². The van der Waals surface area contributed by atoms with Crippen LogP contribution >= 0.6 is 0 Å². The maximum Gasteiger partial charge on any atom is 0.407 e. The fraction of sp³-hybridized carbons (Fsp3) is 0.389. The minimum atomic E-state index is -1.47. The number of ether oxygens (including phenoxy) is 4. The molecule has 9 nitrogen and oxygen atoms in total. The quantitative estimate of drug-likeness (QED) is 0.190. The zero-order chi connectivity index (χ0) is 32.3. The van der Waals surface area contributed by atoms with Crippen molar-refractivity contribution in [1.82, 2.24) is 5.32 Å².